The second-order valence-electron chi connectivity index (χ2n) is 7.14. The maximum absolute atomic E-state index is 13.8. The Bertz CT molecular complexity index is 1100. The lowest BCUT2D eigenvalue weighted by Gasteiger charge is -2.24. The van der Waals surface area contributed by atoms with E-state index < -0.39 is 40.6 Å². The van der Waals surface area contributed by atoms with Crippen LogP contribution in [0.1, 0.15) is 29.6 Å². The number of pyridine rings is 1. The monoisotopic (exact) mass is 476 g/mol. The molecule has 3 N–H and O–H groups in total. The zero-order valence-corrected chi connectivity index (χ0v) is 17.4. The van der Waals surface area contributed by atoms with Crippen molar-refractivity contribution in [2.75, 3.05) is 23.3 Å². The van der Waals surface area contributed by atoms with Gasteiger partial charge >= 0.3 is 6.61 Å². The van der Waals surface area contributed by atoms with E-state index in [0.29, 0.717) is 0 Å². The molecule has 1 aliphatic rings. The molecule has 174 valence electrons. The van der Waals surface area contributed by atoms with Crippen LogP contribution in [0.4, 0.5) is 29.1 Å². The van der Waals surface area contributed by atoms with Gasteiger partial charge in [0.05, 0.1) is 16.7 Å². The number of alkyl halides is 4. The number of halogens is 4. The lowest BCUT2D eigenvalue weighted by molar-refractivity contribution is -0.0501. The SMILES string of the molecule is NS(=O)(=O)c1cccc(NC(=O)c2cc(OC(F)F)cnc2N2CCCC(F)(F)CC2)c1. The smallest absolute Gasteiger partial charge is 0.387 e. The average Bonchev–Trinajstić information content (AvgIpc) is 2.87. The Hall–Kier alpha value is -2.93. The summed E-state index contributed by atoms with van der Waals surface area (Å²) >= 11 is 0. The molecule has 0 bridgehead atoms. The van der Waals surface area contributed by atoms with E-state index in [2.05, 4.69) is 15.0 Å². The van der Waals surface area contributed by atoms with Gasteiger partial charge in [-0.2, -0.15) is 8.78 Å². The first-order valence-corrected chi connectivity index (χ1v) is 11.0. The predicted molar refractivity (Wildman–Crippen MR) is 108 cm³/mol. The normalized spacial score (nSPS) is 16.5. The maximum Gasteiger partial charge on any atom is 0.387 e. The molecule has 1 fully saturated rings. The van der Waals surface area contributed by atoms with E-state index in [1.165, 1.54) is 23.1 Å². The Balaban J connectivity index is 1.94. The highest BCUT2D eigenvalue weighted by Crippen LogP contribution is 2.32. The van der Waals surface area contributed by atoms with Crippen LogP contribution in [0.2, 0.25) is 0 Å². The summed E-state index contributed by atoms with van der Waals surface area (Å²) in [5.41, 5.74) is -0.135. The number of nitrogens with zero attached hydrogens (tertiary/aromatic N) is 2. The van der Waals surface area contributed by atoms with Crippen molar-refractivity contribution >= 4 is 27.4 Å². The van der Waals surface area contributed by atoms with Gasteiger partial charge in [0.2, 0.25) is 15.9 Å². The van der Waals surface area contributed by atoms with Crippen molar-refractivity contribution in [2.45, 2.75) is 36.7 Å². The number of amides is 1. The number of hydrogen-bond acceptors (Lipinski definition) is 6. The number of anilines is 2. The van der Waals surface area contributed by atoms with Crippen LogP contribution in [-0.2, 0) is 10.0 Å². The van der Waals surface area contributed by atoms with Crippen molar-refractivity contribution in [3.8, 4) is 5.75 Å². The topological polar surface area (TPSA) is 115 Å². The number of primary sulfonamides is 1. The van der Waals surface area contributed by atoms with Gasteiger partial charge in [-0.15, -0.1) is 0 Å². The number of ether oxygens (including phenoxy) is 1. The molecule has 0 spiro atoms. The van der Waals surface area contributed by atoms with Crippen LogP contribution in [0.3, 0.4) is 0 Å². The summed E-state index contributed by atoms with van der Waals surface area (Å²) in [5, 5.41) is 7.53. The molecule has 13 heteroatoms. The number of sulfonamides is 1. The van der Waals surface area contributed by atoms with Crippen LogP contribution < -0.4 is 20.1 Å². The molecule has 8 nitrogen and oxygen atoms in total. The van der Waals surface area contributed by atoms with E-state index in [-0.39, 0.29) is 47.9 Å². The van der Waals surface area contributed by atoms with Gasteiger partial charge in [0, 0.05) is 31.6 Å². The molecule has 1 aliphatic heterocycles. The second-order valence-corrected chi connectivity index (χ2v) is 8.71. The molecule has 1 aromatic heterocycles. The van der Waals surface area contributed by atoms with Gasteiger partial charge in [-0.3, -0.25) is 4.79 Å². The van der Waals surface area contributed by atoms with Gasteiger partial charge in [0.25, 0.3) is 5.91 Å². The summed E-state index contributed by atoms with van der Waals surface area (Å²) in [6.45, 7) is -3.09. The van der Waals surface area contributed by atoms with E-state index >= 15 is 0 Å². The van der Waals surface area contributed by atoms with Gasteiger partial charge in [-0.25, -0.2) is 27.3 Å². The molecule has 0 aliphatic carbocycles. The van der Waals surface area contributed by atoms with E-state index in [1.54, 1.807) is 0 Å². The highest BCUT2D eigenvalue weighted by atomic mass is 32.2. The number of nitrogens with two attached hydrogens (primary N) is 1. The molecule has 3 rings (SSSR count). The van der Waals surface area contributed by atoms with Crippen LogP contribution in [-0.4, -0.2) is 44.9 Å². The van der Waals surface area contributed by atoms with Gasteiger partial charge in [0.1, 0.15) is 11.6 Å². The largest absolute Gasteiger partial charge is 0.433 e. The Morgan fingerprint density at radius 1 is 1.22 bits per heavy atom. The quantitative estimate of drug-likeness (QED) is 0.619. The number of rotatable bonds is 6. The van der Waals surface area contributed by atoms with Crippen LogP contribution >= 0.6 is 0 Å². The van der Waals surface area contributed by atoms with Crippen molar-refractivity contribution in [1.29, 1.82) is 0 Å². The number of hydrogen-bond donors (Lipinski definition) is 2. The Morgan fingerprint density at radius 2 is 1.97 bits per heavy atom. The highest BCUT2D eigenvalue weighted by Gasteiger charge is 2.33. The summed E-state index contributed by atoms with van der Waals surface area (Å²) in [7, 11) is -4.03. The molecule has 2 heterocycles. The van der Waals surface area contributed by atoms with Crippen molar-refractivity contribution < 1.29 is 35.5 Å². The third-order valence-electron chi connectivity index (χ3n) is 4.75. The Kier molecular flexibility index (Phi) is 6.88. The summed E-state index contributed by atoms with van der Waals surface area (Å²) < 4.78 is 80.2. The number of nitrogens with one attached hydrogen (secondary N) is 1. The third-order valence-corrected chi connectivity index (χ3v) is 5.66. The van der Waals surface area contributed by atoms with Crippen molar-refractivity contribution in [3.05, 3.63) is 42.1 Å². The molecule has 0 saturated carbocycles. The van der Waals surface area contributed by atoms with Gasteiger partial charge in [-0.1, -0.05) is 6.07 Å². The van der Waals surface area contributed by atoms with Gasteiger partial charge in [-0.05, 0) is 30.7 Å². The van der Waals surface area contributed by atoms with Crippen LogP contribution in [0.15, 0.2) is 41.4 Å². The van der Waals surface area contributed by atoms with E-state index in [0.717, 1.165) is 18.3 Å². The zero-order valence-electron chi connectivity index (χ0n) is 16.6. The fourth-order valence-electron chi connectivity index (χ4n) is 3.25. The molecule has 2 aromatic rings. The fourth-order valence-corrected chi connectivity index (χ4v) is 3.81. The van der Waals surface area contributed by atoms with Crippen molar-refractivity contribution in [2.24, 2.45) is 5.14 Å². The maximum atomic E-state index is 13.8. The number of carbonyl (C=O) groups is 1. The molecule has 0 unspecified atom stereocenters. The first-order chi connectivity index (χ1) is 14.9. The van der Waals surface area contributed by atoms with Crippen LogP contribution in [0, 0.1) is 0 Å². The molecule has 1 amide bonds. The van der Waals surface area contributed by atoms with E-state index in [4.69, 9.17) is 5.14 Å². The number of carbonyl (C=O) groups excluding carboxylic acids is 1. The summed E-state index contributed by atoms with van der Waals surface area (Å²) in [4.78, 5) is 18.2. The zero-order chi connectivity index (χ0) is 23.5. The lowest BCUT2D eigenvalue weighted by atomic mass is 10.1. The highest BCUT2D eigenvalue weighted by molar-refractivity contribution is 7.89. The Labute approximate surface area is 181 Å². The minimum absolute atomic E-state index is 0.0180. The van der Waals surface area contributed by atoms with Crippen LogP contribution in [0.25, 0.3) is 0 Å². The number of aromatic nitrogens is 1. The second kappa shape index (κ2) is 9.28. The molecule has 1 saturated heterocycles. The van der Waals surface area contributed by atoms with Crippen molar-refractivity contribution in [1.82, 2.24) is 4.98 Å². The standard InChI is InChI=1S/C19H20F4N4O4S/c20-18(21)31-13-10-15(16(25-11-13)27-7-2-5-19(22,23)6-8-27)17(28)26-12-3-1-4-14(9-12)32(24,29)30/h1,3-4,9-11,18H,2,5-8H2,(H,26,28)(H2,24,29,30). The molecule has 0 atom stereocenters. The van der Waals surface area contributed by atoms with E-state index in [9.17, 15) is 30.8 Å². The van der Waals surface area contributed by atoms with Crippen molar-refractivity contribution in [3.63, 3.8) is 0 Å². The predicted octanol–water partition coefficient (Wildman–Crippen LogP) is 3.21. The summed E-state index contributed by atoms with van der Waals surface area (Å²) in [6, 6.07) is 6.11. The van der Waals surface area contributed by atoms with Crippen LogP contribution in [0.5, 0.6) is 5.75 Å². The summed E-state index contributed by atoms with van der Waals surface area (Å²) in [5.74, 6) is -4.06. The fraction of sp³-hybridized carbons (Fsp3) is 0.368. The van der Waals surface area contributed by atoms with Gasteiger partial charge in [0.15, 0.2) is 0 Å². The molecule has 0 radical (unpaired) electrons. The first-order valence-electron chi connectivity index (χ1n) is 9.46. The number of benzene rings is 1. The molecule has 32 heavy (non-hydrogen) atoms. The molecular weight excluding hydrogens is 456 g/mol. The third kappa shape index (κ3) is 6.07. The molecule has 1 aromatic carbocycles. The first kappa shape index (κ1) is 23.7. The van der Waals surface area contributed by atoms with Gasteiger partial charge < -0.3 is 15.0 Å². The minimum atomic E-state index is -4.03. The minimum Gasteiger partial charge on any atom is -0.433 e. The van der Waals surface area contributed by atoms with E-state index in [1.807, 2.05) is 0 Å². The molecular formula is C19H20F4N4O4S. The summed E-state index contributed by atoms with van der Waals surface area (Å²) in [6.07, 6.45) is 0.337. The lowest BCUT2D eigenvalue weighted by Crippen LogP contribution is -2.29. The Morgan fingerprint density at radius 3 is 2.66 bits per heavy atom. The average molecular weight is 476 g/mol.